The zero-order valence-corrected chi connectivity index (χ0v) is 11.2. The van der Waals surface area contributed by atoms with Gasteiger partial charge in [-0.2, -0.15) is 5.10 Å². The molecular weight excluding hydrogens is 238 g/mol. The zero-order valence-electron chi connectivity index (χ0n) is 11.2. The van der Waals surface area contributed by atoms with Crippen LogP contribution in [0.1, 0.15) is 36.7 Å². The number of aromatic nitrogens is 2. The molecule has 1 fully saturated rings. The Hall–Kier alpha value is -1.84. The summed E-state index contributed by atoms with van der Waals surface area (Å²) in [6.07, 6.45) is 3.40. The highest BCUT2D eigenvalue weighted by Gasteiger charge is 2.23. The molecule has 2 aromatic rings. The van der Waals surface area contributed by atoms with Crippen LogP contribution in [0.3, 0.4) is 0 Å². The summed E-state index contributed by atoms with van der Waals surface area (Å²) in [7, 11) is 0. The van der Waals surface area contributed by atoms with E-state index in [0.717, 1.165) is 36.8 Å². The van der Waals surface area contributed by atoms with E-state index < -0.39 is 0 Å². The first-order chi connectivity index (χ1) is 9.25. The quantitative estimate of drug-likeness (QED) is 0.854. The number of hydrogen-bond donors (Lipinski definition) is 1. The van der Waals surface area contributed by atoms with E-state index in [1.54, 1.807) is 0 Å². The van der Waals surface area contributed by atoms with Gasteiger partial charge in [0.1, 0.15) is 0 Å². The second-order valence-electron chi connectivity index (χ2n) is 5.45. The molecule has 4 nitrogen and oxygen atoms in total. The predicted octanol–water partition coefficient (Wildman–Crippen LogP) is 2.83. The van der Waals surface area contributed by atoms with Gasteiger partial charge in [0.15, 0.2) is 5.69 Å². The van der Waals surface area contributed by atoms with E-state index >= 15 is 0 Å². The molecule has 1 aromatic carbocycles. The number of carbonyl (C=O) groups is 1. The third-order valence-electron chi connectivity index (χ3n) is 3.98. The molecule has 1 amide bonds. The summed E-state index contributed by atoms with van der Waals surface area (Å²) in [6, 6.07) is 7.79. The van der Waals surface area contributed by atoms with Crippen LogP contribution in [0.5, 0.6) is 0 Å². The minimum atomic E-state index is 0.0616. The Morgan fingerprint density at radius 3 is 3.05 bits per heavy atom. The van der Waals surface area contributed by atoms with E-state index in [1.807, 2.05) is 29.2 Å². The number of carbonyl (C=O) groups excluding carboxylic acids is 1. The third kappa shape index (κ3) is 2.35. The molecule has 0 radical (unpaired) electrons. The number of aromatic amines is 1. The van der Waals surface area contributed by atoms with E-state index in [9.17, 15) is 4.79 Å². The molecule has 1 aromatic heterocycles. The molecule has 1 aliphatic heterocycles. The van der Waals surface area contributed by atoms with Gasteiger partial charge in [0.2, 0.25) is 0 Å². The van der Waals surface area contributed by atoms with Gasteiger partial charge >= 0.3 is 0 Å². The first kappa shape index (κ1) is 12.2. The van der Waals surface area contributed by atoms with Crippen molar-refractivity contribution >= 4 is 16.8 Å². The third-order valence-corrected chi connectivity index (χ3v) is 3.98. The van der Waals surface area contributed by atoms with Crippen molar-refractivity contribution in [3.05, 3.63) is 30.0 Å². The molecule has 2 heterocycles. The van der Waals surface area contributed by atoms with Gasteiger partial charge in [0.25, 0.3) is 5.91 Å². The largest absolute Gasteiger partial charge is 0.337 e. The lowest BCUT2D eigenvalue weighted by Gasteiger charge is -2.19. The highest BCUT2D eigenvalue weighted by molar-refractivity contribution is 6.04. The van der Waals surface area contributed by atoms with Crippen molar-refractivity contribution in [2.45, 2.75) is 26.2 Å². The van der Waals surface area contributed by atoms with Crippen molar-refractivity contribution in [2.24, 2.45) is 5.92 Å². The Balaban J connectivity index is 1.87. The fourth-order valence-electron chi connectivity index (χ4n) is 2.74. The average molecular weight is 257 g/mol. The second-order valence-corrected chi connectivity index (χ2v) is 5.45. The lowest BCUT2D eigenvalue weighted by atomic mass is 10.0. The van der Waals surface area contributed by atoms with Gasteiger partial charge in [0.05, 0.1) is 5.52 Å². The van der Waals surface area contributed by atoms with E-state index in [0.29, 0.717) is 11.6 Å². The van der Waals surface area contributed by atoms with Crippen LogP contribution in [-0.2, 0) is 0 Å². The van der Waals surface area contributed by atoms with Gasteiger partial charge in [0, 0.05) is 18.5 Å². The molecule has 1 saturated heterocycles. The molecule has 1 N–H and O–H groups in total. The summed E-state index contributed by atoms with van der Waals surface area (Å²) in [6.45, 7) is 3.96. The fourth-order valence-corrected chi connectivity index (χ4v) is 2.74. The van der Waals surface area contributed by atoms with Crippen LogP contribution in [0.15, 0.2) is 24.3 Å². The van der Waals surface area contributed by atoms with Gasteiger partial charge in [-0.3, -0.25) is 9.89 Å². The van der Waals surface area contributed by atoms with Crippen molar-refractivity contribution in [3.63, 3.8) is 0 Å². The zero-order chi connectivity index (χ0) is 13.2. The number of fused-ring (bicyclic) bond motifs is 1. The Kier molecular flexibility index (Phi) is 3.23. The van der Waals surface area contributed by atoms with E-state index in [4.69, 9.17) is 0 Å². The van der Waals surface area contributed by atoms with Crippen molar-refractivity contribution in [1.29, 1.82) is 0 Å². The van der Waals surface area contributed by atoms with E-state index in [-0.39, 0.29) is 5.91 Å². The van der Waals surface area contributed by atoms with Crippen LogP contribution in [0.2, 0.25) is 0 Å². The molecule has 0 bridgehead atoms. The maximum atomic E-state index is 12.6. The summed E-state index contributed by atoms with van der Waals surface area (Å²) in [5, 5.41) is 8.06. The topological polar surface area (TPSA) is 49.0 Å². The minimum absolute atomic E-state index is 0.0616. The van der Waals surface area contributed by atoms with Crippen molar-refractivity contribution < 1.29 is 4.79 Å². The number of likely N-dealkylation sites (tertiary alicyclic amines) is 1. The summed E-state index contributed by atoms with van der Waals surface area (Å²) >= 11 is 0. The standard InChI is InChI=1S/C15H19N3O/c1-11-5-4-9-18(10-8-11)15(19)14-12-6-2-3-7-13(12)16-17-14/h2-3,6-7,11H,4-5,8-10H2,1H3,(H,16,17). The van der Waals surface area contributed by atoms with E-state index in [1.165, 1.54) is 6.42 Å². The highest BCUT2D eigenvalue weighted by atomic mass is 16.2. The maximum absolute atomic E-state index is 12.6. The first-order valence-corrected chi connectivity index (χ1v) is 6.98. The van der Waals surface area contributed by atoms with Gasteiger partial charge < -0.3 is 4.90 Å². The molecule has 1 aliphatic rings. The molecule has 0 spiro atoms. The van der Waals surface area contributed by atoms with Gasteiger partial charge in [-0.05, 0) is 31.2 Å². The summed E-state index contributed by atoms with van der Waals surface area (Å²) in [5.74, 6) is 0.778. The molecule has 19 heavy (non-hydrogen) atoms. The number of H-pyrrole nitrogens is 1. The summed E-state index contributed by atoms with van der Waals surface area (Å²) < 4.78 is 0. The molecule has 100 valence electrons. The highest BCUT2D eigenvalue weighted by Crippen LogP contribution is 2.21. The maximum Gasteiger partial charge on any atom is 0.274 e. The van der Waals surface area contributed by atoms with Crippen LogP contribution < -0.4 is 0 Å². The van der Waals surface area contributed by atoms with Crippen LogP contribution >= 0.6 is 0 Å². The van der Waals surface area contributed by atoms with Crippen LogP contribution in [0.4, 0.5) is 0 Å². The number of rotatable bonds is 1. The van der Waals surface area contributed by atoms with Crippen LogP contribution in [-0.4, -0.2) is 34.1 Å². The number of benzene rings is 1. The number of nitrogens with one attached hydrogen (secondary N) is 1. The van der Waals surface area contributed by atoms with Crippen LogP contribution in [0.25, 0.3) is 10.9 Å². The lowest BCUT2D eigenvalue weighted by molar-refractivity contribution is 0.0756. The molecule has 3 rings (SSSR count). The molecule has 1 atom stereocenters. The average Bonchev–Trinajstić information content (AvgIpc) is 2.74. The molecule has 4 heteroatoms. The number of nitrogens with zero attached hydrogens (tertiary/aromatic N) is 2. The number of hydrogen-bond acceptors (Lipinski definition) is 2. The SMILES string of the molecule is CC1CCCN(C(=O)c2n[nH]c3ccccc23)CC1. The van der Waals surface area contributed by atoms with Crippen molar-refractivity contribution in [1.82, 2.24) is 15.1 Å². The van der Waals surface area contributed by atoms with Gasteiger partial charge in [-0.1, -0.05) is 25.1 Å². The normalized spacial score (nSPS) is 20.5. The Morgan fingerprint density at radius 2 is 2.16 bits per heavy atom. The molecule has 1 unspecified atom stereocenters. The summed E-state index contributed by atoms with van der Waals surface area (Å²) in [4.78, 5) is 14.5. The Bertz CT molecular complexity index is 590. The molecule has 0 saturated carbocycles. The lowest BCUT2D eigenvalue weighted by Crippen LogP contribution is -2.32. The number of para-hydroxylation sites is 1. The van der Waals surface area contributed by atoms with Crippen LogP contribution in [0, 0.1) is 5.92 Å². The predicted molar refractivity (Wildman–Crippen MR) is 75.0 cm³/mol. The second kappa shape index (κ2) is 5.03. The molecular formula is C15H19N3O. The van der Waals surface area contributed by atoms with Crippen molar-refractivity contribution in [3.8, 4) is 0 Å². The Labute approximate surface area is 112 Å². The van der Waals surface area contributed by atoms with Gasteiger partial charge in [-0.15, -0.1) is 0 Å². The fraction of sp³-hybridized carbons (Fsp3) is 0.467. The number of amides is 1. The Morgan fingerprint density at radius 1 is 1.32 bits per heavy atom. The van der Waals surface area contributed by atoms with Crippen molar-refractivity contribution in [2.75, 3.05) is 13.1 Å². The van der Waals surface area contributed by atoms with Gasteiger partial charge in [-0.25, -0.2) is 0 Å². The smallest absolute Gasteiger partial charge is 0.274 e. The first-order valence-electron chi connectivity index (χ1n) is 6.98. The van der Waals surface area contributed by atoms with E-state index in [2.05, 4.69) is 17.1 Å². The monoisotopic (exact) mass is 257 g/mol. The minimum Gasteiger partial charge on any atom is -0.337 e. The molecule has 0 aliphatic carbocycles. The summed E-state index contributed by atoms with van der Waals surface area (Å²) in [5.41, 5.74) is 1.49.